The molecule has 0 aliphatic heterocycles. The Morgan fingerprint density at radius 2 is 1.72 bits per heavy atom. The lowest BCUT2D eigenvalue weighted by Gasteiger charge is -2.19. The number of hydrogen-bond donors (Lipinski definition) is 1. The number of carbonyl (C=O) groups is 2. The van der Waals surface area contributed by atoms with Crippen molar-refractivity contribution in [2.24, 2.45) is 5.41 Å². The summed E-state index contributed by atoms with van der Waals surface area (Å²) in [6.07, 6.45) is 0. The van der Waals surface area contributed by atoms with Crippen molar-refractivity contribution in [2.75, 3.05) is 7.11 Å². The number of ether oxygens (including phenoxy) is 1. The Morgan fingerprint density at radius 1 is 1.17 bits per heavy atom. The molecule has 0 spiro atoms. The number of aliphatic carboxylic acids is 1. The molecule has 0 aliphatic carbocycles. The first-order valence-corrected chi connectivity index (χ1v) is 5.65. The zero-order valence-corrected chi connectivity index (χ0v) is 11.3. The second-order valence-electron chi connectivity index (χ2n) is 4.90. The van der Waals surface area contributed by atoms with Crippen LogP contribution in [-0.2, 0) is 4.79 Å². The van der Waals surface area contributed by atoms with Gasteiger partial charge in [0.1, 0.15) is 11.2 Å². The van der Waals surface area contributed by atoms with Gasteiger partial charge in [-0.25, -0.2) is 0 Å². The number of ketones is 1. The molecule has 0 atom stereocenters. The third-order valence-corrected chi connectivity index (χ3v) is 3.09. The van der Waals surface area contributed by atoms with Crippen molar-refractivity contribution in [2.45, 2.75) is 27.7 Å². The predicted octanol–water partition coefficient (Wildman–Crippen LogP) is 2.61. The second kappa shape index (κ2) is 4.80. The van der Waals surface area contributed by atoms with Gasteiger partial charge in [-0.15, -0.1) is 0 Å². The van der Waals surface area contributed by atoms with E-state index in [-0.39, 0.29) is 0 Å². The van der Waals surface area contributed by atoms with Gasteiger partial charge in [-0.1, -0.05) is 0 Å². The molecule has 98 valence electrons. The van der Waals surface area contributed by atoms with Crippen molar-refractivity contribution in [3.63, 3.8) is 0 Å². The molecule has 0 bridgehead atoms. The van der Waals surface area contributed by atoms with Crippen LogP contribution in [0.5, 0.6) is 5.75 Å². The fourth-order valence-electron chi connectivity index (χ4n) is 1.69. The maximum Gasteiger partial charge on any atom is 0.316 e. The topological polar surface area (TPSA) is 63.6 Å². The molecule has 0 aliphatic rings. The van der Waals surface area contributed by atoms with Gasteiger partial charge in [-0.3, -0.25) is 9.59 Å². The van der Waals surface area contributed by atoms with Crippen LogP contribution >= 0.6 is 0 Å². The van der Waals surface area contributed by atoms with Crippen LogP contribution in [0.3, 0.4) is 0 Å². The third-order valence-electron chi connectivity index (χ3n) is 3.09. The van der Waals surface area contributed by atoms with Gasteiger partial charge in [0.05, 0.1) is 7.11 Å². The molecule has 0 radical (unpaired) electrons. The standard InChI is InChI=1S/C14H18O4/c1-8-7-11(18-5)9(2)6-10(8)12(15)14(3,4)13(16)17/h6-7H,1-5H3,(H,16,17). The Bertz CT molecular complexity index is 501. The van der Waals surface area contributed by atoms with E-state index in [1.54, 1.807) is 26.2 Å². The van der Waals surface area contributed by atoms with Crippen molar-refractivity contribution in [1.82, 2.24) is 0 Å². The maximum absolute atomic E-state index is 12.3. The number of Topliss-reactive ketones (excluding diaryl/α,β-unsaturated/α-hetero) is 1. The average Bonchev–Trinajstić information content (AvgIpc) is 2.30. The van der Waals surface area contributed by atoms with Crippen LogP contribution in [0.15, 0.2) is 12.1 Å². The van der Waals surface area contributed by atoms with Gasteiger partial charge < -0.3 is 9.84 Å². The largest absolute Gasteiger partial charge is 0.496 e. The normalized spacial score (nSPS) is 11.2. The van der Waals surface area contributed by atoms with Crippen LogP contribution in [0.25, 0.3) is 0 Å². The first-order valence-electron chi connectivity index (χ1n) is 5.65. The zero-order chi connectivity index (χ0) is 14.1. The minimum Gasteiger partial charge on any atom is -0.496 e. The summed E-state index contributed by atoms with van der Waals surface area (Å²) in [5.41, 5.74) is 0.538. The van der Waals surface area contributed by atoms with Crippen molar-refractivity contribution in [3.05, 3.63) is 28.8 Å². The summed E-state index contributed by atoms with van der Waals surface area (Å²) in [4.78, 5) is 23.4. The van der Waals surface area contributed by atoms with E-state index >= 15 is 0 Å². The molecule has 1 aromatic carbocycles. The molecule has 4 heteroatoms. The van der Waals surface area contributed by atoms with Crippen LogP contribution in [0, 0.1) is 19.3 Å². The fraction of sp³-hybridized carbons (Fsp3) is 0.429. The molecule has 1 rings (SSSR count). The summed E-state index contributed by atoms with van der Waals surface area (Å²) >= 11 is 0. The molecule has 0 saturated heterocycles. The van der Waals surface area contributed by atoms with E-state index in [1.807, 2.05) is 6.92 Å². The molecule has 0 amide bonds. The number of aryl methyl sites for hydroxylation is 2. The molecule has 1 N–H and O–H groups in total. The third kappa shape index (κ3) is 2.37. The van der Waals surface area contributed by atoms with E-state index in [4.69, 9.17) is 9.84 Å². The van der Waals surface area contributed by atoms with Gasteiger partial charge in [-0.05, 0) is 51.0 Å². The first-order chi connectivity index (χ1) is 8.21. The highest BCUT2D eigenvalue weighted by atomic mass is 16.5. The Kier molecular flexibility index (Phi) is 3.79. The first kappa shape index (κ1) is 14.2. The van der Waals surface area contributed by atoms with E-state index in [0.717, 1.165) is 11.1 Å². The molecule has 0 aromatic heterocycles. The summed E-state index contributed by atoms with van der Waals surface area (Å²) < 4.78 is 5.17. The lowest BCUT2D eigenvalue weighted by atomic mass is 9.82. The Morgan fingerprint density at radius 3 is 2.17 bits per heavy atom. The number of hydrogen-bond acceptors (Lipinski definition) is 3. The number of carboxylic acids is 1. The number of rotatable bonds is 4. The summed E-state index contributed by atoms with van der Waals surface area (Å²) in [6.45, 7) is 6.42. The van der Waals surface area contributed by atoms with E-state index in [9.17, 15) is 9.59 Å². The van der Waals surface area contributed by atoms with Crippen molar-refractivity contribution >= 4 is 11.8 Å². The molecule has 0 fully saturated rings. The van der Waals surface area contributed by atoms with Crippen LogP contribution in [0.2, 0.25) is 0 Å². The zero-order valence-electron chi connectivity index (χ0n) is 11.3. The van der Waals surface area contributed by atoms with Crippen molar-refractivity contribution in [1.29, 1.82) is 0 Å². The van der Waals surface area contributed by atoms with E-state index in [2.05, 4.69) is 0 Å². The van der Waals surface area contributed by atoms with E-state index in [1.165, 1.54) is 13.8 Å². The van der Waals surface area contributed by atoms with Gasteiger partial charge in [0, 0.05) is 5.56 Å². The quantitative estimate of drug-likeness (QED) is 0.659. The average molecular weight is 250 g/mol. The summed E-state index contributed by atoms with van der Waals surface area (Å²) in [5, 5.41) is 9.09. The summed E-state index contributed by atoms with van der Waals surface area (Å²) in [7, 11) is 1.56. The number of carbonyl (C=O) groups excluding carboxylic acids is 1. The van der Waals surface area contributed by atoms with Gasteiger partial charge >= 0.3 is 5.97 Å². The summed E-state index contributed by atoms with van der Waals surface area (Å²) in [5.74, 6) is -0.823. The minimum absolute atomic E-state index is 0.391. The van der Waals surface area contributed by atoms with Crippen molar-refractivity contribution < 1.29 is 19.4 Å². The molecule has 4 nitrogen and oxygen atoms in total. The number of benzene rings is 1. The Labute approximate surface area is 107 Å². The Hall–Kier alpha value is -1.84. The Balaban J connectivity index is 3.31. The molecular weight excluding hydrogens is 232 g/mol. The van der Waals surface area contributed by atoms with Crippen LogP contribution in [0.4, 0.5) is 0 Å². The minimum atomic E-state index is -1.42. The molecular formula is C14H18O4. The molecule has 1 aromatic rings. The highest BCUT2D eigenvalue weighted by molar-refractivity contribution is 6.12. The van der Waals surface area contributed by atoms with Crippen LogP contribution < -0.4 is 4.74 Å². The van der Waals surface area contributed by atoms with Gasteiger partial charge in [0.25, 0.3) is 0 Å². The molecule has 0 heterocycles. The fourth-order valence-corrected chi connectivity index (χ4v) is 1.69. The predicted molar refractivity (Wildman–Crippen MR) is 68.2 cm³/mol. The smallest absolute Gasteiger partial charge is 0.316 e. The summed E-state index contributed by atoms with van der Waals surface area (Å²) in [6, 6.07) is 3.43. The lowest BCUT2D eigenvalue weighted by molar-refractivity contribution is -0.144. The van der Waals surface area contributed by atoms with Crippen LogP contribution in [0.1, 0.15) is 35.3 Å². The maximum atomic E-state index is 12.3. The second-order valence-corrected chi connectivity index (χ2v) is 4.90. The van der Waals surface area contributed by atoms with Gasteiger partial charge in [0.15, 0.2) is 5.78 Å². The SMILES string of the molecule is COc1cc(C)c(C(=O)C(C)(C)C(=O)O)cc1C. The van der Waals surface area contributed by atoms with E-state index in [0.29, 0.717) is 11.3 Å². The highest BCUT2D eigenvalue weighted by Crippen LogP contribution is 2.28. The highest BCUT2D eigenvalue weighted by Gasteiger charge is 2.37. The molecule has 0 unspecified atom stereocenters. The molecule has 18 heavy (non-hydrogen) atoms. The number of carboxylic acid groups (broad SMARTS) is 1. The van der Waals surface area contributed by atoms with E-state index < -0.39 is 17.2 Å². The molecule has 0 saturated carbocycles. The van der Waals surface area contributed by atoms with Crippen LogP contribution in [-0.4, -0.2) is 24.0 Å². The number of methoxy groups -OCH3 is 1. The van der Waals surface area contributed by atoms with Gasteiger partial charge in [-0.2, -0.15) is 0 Å². The van der Waals surface area contributed by atoms with Crippen molar-refractivity contribution in [3.8, 4) is 5.75 Å². The van der Waals surface area contributed by atoms with Gasteiger partial charge in [0.2, 0.25) is 0 Å². The monoisotopic (exact) mass is 250 g/mol. The lowest BCUT2D eigenvalue weighted by Crippen LogP contribution is -2.33.